The van der Waals surface area contributed by atoms with Crippen LogP contribution in [0.15, 0.2) is 108 Å². The summed E-state index contributed by atoms with van der Waals surface area (Å²) in [6, 6.07) is 24.3. The standard InChI is InChI=1S/C32H30ClF2N3O4S/c1-2-36-32(40)30(19-23-9-5-3-6-10-23)37(21-24-13-15-25(34)16-14-24)31(39)22-38(26-17-18-29(35)28(33)20-26)43(41,42)27-11-7-4-8-12-27/h3-18,20,30H,2,19,21-22H2,1H3,(H,36,40)/t30-/m0/s1. The van der Waals surface area contributed by atoms with Crippen LogP contribution in [0.25, 0.3) is 0 Å². The van der Waals surface area contributed by atoms with Gasteiger partial charge >= 0.3 is 0 Å². The van der Waals surface area contributed by atoms with Gasteiger partial charge in [0.15, 0.2) is 0 Å². The third-order valence-corrected chi connectivity index (χ3v) is 8.77. The van der Waals surface area contributed by atoms with Gasteiger partial charge in [0.25, 0.3) is 10.0 Å². The van der Waals surface area contributed by atoms with Gasteiger partial charge in [-0.3, -0.25) is 13.9 Å². The molecule has 1 atom stereocenters. The molecule has 0 aliphatic heterocycles. The highest BCUT2D eigenvalue weighted by Crippen LogP contribution is 2.28. The van der Waals surface area contributed by atoms with Crippen LogP contribution < -0.4 is 9.62 Å². The number of nitrogens with one attached hydrogen (secondary N) is 1. The summed E-state index contributed by atoms with van der Waals surface area (Å²) in [4.78, 5) is 28.8. The third kappa shape index (κ3) is 7.97. The molecule has 0 aliphatic carbocycles. The van der Waals surface area contributed by atoms with Crippen LogP contribution in [0.3, 0.4) is 0 Å². The number of anilines is 1. The van der Waals surface area contributed by atoms with Gasteiger partial charge in [-0.1, -0.05) is 72.3 Å². The van der Waals surface area contributed by atoms with E-state index in [4.69, 9.17) is 11.6 Å². The van der Waals surface area contributed by atoms with Crippen LogP contribution in [0.2, 0.25) is 5.02 Å². The van der Waals surface area contributed by atoms with Gasteiger partial charge in [-0.15, -0.1) is 0 Å². The Bertz CT molecular complexity index is 1660. The second-order valence-corrected chi connectivity index (χ2v) is 11.9. The van der Waals surface area contributed by atoms with Gasteiger partial charge in [-0.2, -0.15) is 0 Å². The van der Waals surface area contributed by atoms with Crippen molar-refractivity contribution < 1.29 is 26.8 Å². The first-order chi connectivity index (χ1) is 20.6. The fourth-order valence-electron chi connectivity index (χ4n) is 4.52. The minimum atomic E-state index is -4.35. The SMILES string of the molecule is CCNC(=O)[C@H](Cc1ccccc1)N(Cc1ccc(F)cc1)C(=O)CN(c1ccc(F)c(Cl)c1)S(=O)(=O)c1ccccc1. The molecule has 4 aromatic carbocycles. The number of halogens is 3. The second-order valence-electron chi connectivity index (χ2n) is 9.67. The third-order valence-electron chi connectivity index (χ3n) is 6.69. The van der Waals surface area contributed by atoms with Crippen molar-refractivity contribution in [1.82, 2.24) is 10.2 Å². The van der Waals surface area contributed by atoms with Gasteiger partial charge in [-0.25, -0.2) is 17.2 Å². The number of likely N-dealkylation sites (N-methyl/N-ethyl adjacent to an activating group) is 1. The highest BCUT2D eigenvalue weighted by Gasteiger charge is 2.34. The predicted octanol–water partition coefficient (Wildman–Crippen LogP) is 5.59. The molecule has 4 aromatic rings. The number of hydrogen-bond acceptors (Lipinski definition) is 4. The number of carbonyl (C=O) groups excluding carboxylic acids is 2. The van der Waals surface area contributed by atoms with E-state index in [-0.39, 0.29) is 28.6 Å². The van der Waals surface area contributed by atoms with Crippen molar-refractivity contribution in [3.63, 3.8) is 0 Å². The Balaban J connectivity index is 1.80. The van der Waals surface area contributed by atoms with Gasteiger partial charge in [-0.05, 0) is 60.5 Å². The van der Waals surface area contributed by atoms with E-state index in [2.05, 4.69) is 5.32 Å². The van der Waals surface area contributed by atoms with Crippen molar-refractivity contribution in [1.29, 1.82) is 0 Å². The number of benzene rings is 4. The summed E-state index contributed by atoms with van der Waals surface area (Å²) in [5.41, 5.74) is 1.26. The van der Waals surface area contributed by atoms with Gasteiger partial charge in [0.2, 0.25) is 11.8 Å². The van der Waals surface area contributed by atoms with E-state index in [0.29, 0.717) is 12.1 Å². The minimum absolute atomic E-state index is 0.0389. The summed E-state index contributed by atoms with van der Waals surface area (Å²) >= 11 is 6.01. The fourth-order valence-corrected chi connectivity index (χ4v) is 6.12. The summed E-state index contributed by atoms with van der Waals surface area (Å²) in [5.74, 6) is -2.38. The molecule has 0 heterocycles. The van der Waals surface area contributed by atoms with Gasteiger partial charge in [0.1, 0.15) is 24.2 Å². The molecular weight excluding hydrogens is 596 g/mol. The Kier molecular flexibility index (Phi) is 10.5. The van der Waals surface area contributed by atoms with Crippen molar-refractivity contribution in [3.05, 3.63) is 131 Å². The van der Waals surface area contributed by atoms with E-state index in [1.165, 1.54) is 59.5 Å². The first-order valence-electron chi connectivity index (χ1n) is 13.5. The molecule has 224 valence electrons. The summed E-state index contributed by atoms with van der Waals surface area (Å²) in [6.07, 6.45) is 0.132. The van der Waals surface area contributed by atoms with Crippen LogP contribution in [0, 0.1) is 11.6 Å². The molecule has 0 aromatic heterocycles. The van der Waals surface area contributed by atoms with E-state index in [0.717, 1.165) is 22.0 Å². The van der Waals surface area contributed by atoms with E-state index >= 15 is 0 Å². The molecule has 4 rings (SSSR count). The molecule has 0 unspecified atom stereocenters. The van der Waals surface area contributed by atoms with Gasteiger partial charge < -0.3 is 10.2 Å². The maximum Gasteiger partial charge on any atom is 0.264 e. The Morgan fingerprint density at radius 1 is 0.860 bits per heavy atom. The number of nitrogens with zero attached hydrogens (tertiary/aromatic N) is 2. The zero-order chi connectivity index (χ0) is 31.0. The monoisotopic (exact) mass is 625 g/mol. The van der Waals surface area contributed by atoms with Crippen molar-refractivity contribution in [2.45, 2.75) is 30.8 Å². The number of amides is 2. The lowest BCUT2D eigenvalue weighted by Gasteiger charge is -2.33. The van der Waals surface area contributed by atoms with Crippen molar-refractivity contribution >= 4 is 39.1 Å². The highest BCUT2D eigenvalue weighted by molar-refractivity contribution is 7.92. The predicted molar refractivity (Wildman–Crippen MR) is 162 cm³/mol. The molecular formula is C32H30ClF2N3O4S. The lowest BCUT2D eigenvalue weighted by molar-refractivity contribution is -0.140. The minimum Gasteiger partial charge on any atom is -0.355 e. The van der Waals surface area contributed by atoms with Crippen molar-refractivity contribution in [2.24, 2.45) is 0 Å². The molecule has 0 radical (unpaired) electrons. The lowest BCUT2D eigenvalue weighted by atomic mass is 10.0. The van der Waals surface area contributed by atoms with Gasteiger partial charge in [0.05, 0.1) is 15.6 Å². The molecule has 0 saturated carbocycles. The Labute approximate surface area is 254 Å². The molecule has 0 spiro atoms. The Hall–Kier alpha value is -4.28. The zero-order valence-corrected chi connectivity index (χ0v) is 24.9. The van der Waals surface area contributed by atoms with Crippen LogP contribution in [0.1, 0.15) is 18.1 Å². The van der Waals surface area contributed by atoms with E-state index < -0.39 is 46.1 Å². The van der Waals surface area contributed by atoms with Crippen LogP contribution in [0.5, 0.6) is 0 Å². The van der Waals surface area contributed by atoms with E-state index in [1.807, 2.05) is 30.3 Å². The first kappa shape index (κ1) is 31.7. The van der Waals surface area contributed by atoms with Crippen molar-refractivity contribution in [2.75, 3.05) is 17.4 Å². The lowest BCUT2D eigenvalue weighted by Crippen LogP contribution is -2.53. The molecule has 1 N–H and O–H groups in total. The zero-order valence-electron chi connectivity index (χ0n) is 23.3. The summed E-state index contributed by atoms with van der Waals surface area (Å²) in [6.45, 7) is 1.20. The quantitative estimate of drug-likeness (QED) is 0.222. The Morgan fingerprint density at radius 3 is 2.09 bits per heavy atom. The molecule has 0 saturated heterocycles. The fraction of sp³-hybridized carbons (Fsp3) is 0.188. The highest BCUT2D eigenvalue weighted by atomic mass is 35.5. The second kappa shape index (κ2) is 14.3. The summed E-state index contributed by atoms with van der Waals surface area (Å²) in [7, 11) is -4.35. The normalized spacial score (nSPS) is 11.9. The molecule has 0 fully saturated rings. The maximum absolute atomic E-state index is 14.2. The summed E-state index contributed by atoms with van der Waals surface area (Å²) < 4.78 is 56.4. The molecule has 43 heavy (non-hydrogen) atoms. The Morgan fingerprint density at radius 2 is 1.49 bits per heavy atom. The number of sulfonamides is 1. The van der Waals surface area contributed by atoms with Gasteiger partial charge in [0, 0.05) is 19.5 Å². The molecule has 0 aliphatic rings. The average Bonchev–Trinajstić information content (AvgIpc) is 3.01. The van der Waals surface area contributed by atoms with Crippen LogP contribution in [-0.4, -0.2) is 44.3 Å². The number of hydrogen-bond donors (Lipinski definition) is 1. The molecule has 11 heteroatoms. The largest absolute Gasteiger partial charge is 0.355 e. The molecule has 7 nitrogen and oxygen atoms in total. The topological polar surface area (TPSA) is 86.8 Å². The smallest absolute Gasteiger partial charge is 0.264 e. The van der Waals surface area contributed by atoms with Crippen LogP contribution in [0.4, 0.5) is 14.5 Å². The van der Waals surface area contributed by atoms with Crippen LogP contribution in [-0.2, 0) is 32.6 Å². The first-order valence-corrected chi connectivity index (χ1v) is 15.3. The maximum atomic E-state index is 14.2. The van der Waals surface area contributed by atoms with Crippen LogP contribution >= 0.6 is 11.6 Å². The number of rotatable bonds is 12. The van der Waals surface area contributed by atoms with E-state index in [1.54, 1.807) is 13.0 Å². The molecule has 0 bridgehead atoms. The van der Waals surface area contributed by atoms with Crippen molar-refractivity contribution in [3.8, 4) is 0 Å². The number of carbonyl (C=O) groups is 2. The molecule has 2 amide bonds. The summed E-state index contributed by atoms with van der Waals surface area (Å²) in [5, 5.41) is 2.44. The van der Waals surface area contributed by atoms with E-state index in [9.17, 15) is 26.8 Å². The average molecular weight is 626 g/mol.